The Hall–Kier alpha value is -0.220. The van der Waals surface area contributed by atoms with Crippen LogP contribution in [0.4, 0.5) is 0 Å². The zero-order valence-corrected chi connectivity index (χ0v) is 11.7. The Balaban J connectivity index is 2.34. The maximum absolute atomic E-state index is 12.0. The van der Waals surface area contributed by atoms with Gasteiger partial charge in [0.15, 0.2) is 0 Å². The van der Waals surface area contributed by atoms with Gasteiger partial charge >= 0.3 is 0 Å². The average Bonchev–Trinajstić information content (AvgIpc) is 2.25. The fraction of sp³-hybridized carbons (Fsp3) is 0.917. The average molecular weight is 244 g/mol. The molecule has 1 N–H and O–H groups in total. The van der Waals surface area contributed by atoms with Crippen LogP contribution in [-0.4, -0.2) is 47.5 Å². The first kappa shape index (κ1) is 13.8. The lowest BCUT2D eigenvalue weighted by Gasteiger charge is -2.32. The molecule has 0 spiro atoms. The zero-order valence-electron chi connectivity index (χ0n) is 10.9. The van der Waals surface area contributed by atoms with Crippen molar-refractivity contribution in [2.45, 2.75) is 44.4 Å². The van der Waals surface area contributed by atoms with E-state index in [2.05, 4.69) is 26.1 Å². The predicted octanol–water partition coefficient (Wildman–Crippen LogP) is 1.73. The first-order valence-electron chi connectivity index (χ1n) is 6.00. The molecular weight excluding hydrogens is 220 g/mol. The molecule has 1 saturated heterocycles. The van der Waals surface area contributed by atoms with Gasteiger partial charge < -0.3 is 10.2 Å². The standard InChI is InChI=1S/C12H24N2OS/c1-12(2,3)16-9-11(15)14(4)10-6-5-7-13-8-10/h10,13H,5-9H2,1-4H3. The molecule has 0 saturated carbocycles. The van der Waals surface area contributed by atoms with Gasteiger partial charge in [0.05, 0.1) is 5.75 Å². The molecular formula is C12H24N2OS. The third-order valence-corrected chi connectivity index (χ3v) is 4.10. The maximum Gasteiger partial charge on any atom is 0.232 e. The quantitative estimate of drug-likeness (QED) is 0.820. The Bertz CT molecular complexity index is 232. The predicted molar refractivity (Wildman–Crippen MR) is 70.9 cm³/mol. The lowest BCUT2D eigenvalue weighted by atomic mass is 10.1. The summed E-state index contributed by atoms with van der Waals surface area (Å²) >= 11 is 1.72. The minimum absolute atomic E-state index is 0.168. The van der Waals surface area contributed by atoms with Crippen molar-refractivity contribution < 1.29 is 4.79 Å². The molecule has 1 atom stereocenters. The summed E-state index contributed by atoms with van der Waals surface area (Å²) in [6, 6.07) is 0.391. The molecule has 0 aromatic heterocycles. The summed E-state index contributed by atoms with van der Waals surface area (Å²) in [5.41, 5.74) is 0. The number of nitrogens with one attached hydrogen (secondary N) is 1. The number of piperidine rings is 1. The van der Waals surface area contributed by atoms with Crippen molar-refractivity contribution in [3.63, 3.8) is 0 Å². The number of rotatable bonds is 3. The van der Waals surface area contributed by atoms with Crippen LogP contribution in [0.1, 0.15) is 33.6 Å². The molecule has 0 bridgehead atoms. The molecule has 1 aliphatic rings. The monoisotopic (exact) mass is 244 g/mol. The third kappa shape index (κ3) is 4.74. The fourth-order valence-corrected chi connectivity index (χ4v) is 2.51. The van der Waals surface area contributed by atoms with Gasteiger partial charge in [-0.3, -0.25) is 4.79 Å². The summed E-state index contributed by atoms with van der Waals surface area (Å²) in [7, 11) is 1.93. The van der Waals surface area contributed by atoms with Crippen LogP contribution in [0, 0.1) is 0 Å². The summed E-state index contributed by atoms with van der Waals surface area (Å²) in [5, 5.41) is 3.34. The van der Waals surface area contributed by atoms with E-state index in [9.17, 15) is 4.79 Å². The Morgan fingerprint density at radius 2 is 2.19 bits per heavy atom. The Labute approximate surface area is 103 Å². The summed E-state index contributed by atoms with van der Waals surface area (Å²) in [6.07, 6.45) is 2.31. The lowest BCUT2D eigenvalue weighted by molar-refractivity contribution is -0.129. The van der Waals surface area contributed by atoms with Gasteiger partial charge in [-0.2, -0.15) is 0 Å². The van der Waals surface area contributed by atoms with Gasteiger partial charge in [0, 0.05) is 24.4 Å². The van der Waals surface area contributed by atoms with Crippen molar-refractivity contribution in [1.29, 1.82) is 0 Å². The van der Waals surface area contributed by atoms with Crippen molar-refractivity contribution >= 4 is 17.7 Å². The van der Waals surface area contributed by atoms with Crippen molar-refractivity contribution in [2.24, 2.45) is 0 Å². The smallest absolute Gasteiger partial charge is 0.232 e. The second kappa shape index (κ2) is 5.92. The van der Waals surface area contributed by atoms with E-state index in [1.165, 1.54) is 6.42 Å². The molecule has 0 aliphatic carbocycles. The Morgan fingerprint density at radius 1 is 1.50 bits per heavy atom. The number of hydrogen-bond donors (Lipinski definition) is 1. The van der Waals surface area contributed by atoms with E-state index < -0.39 is 0 Å². The largest absolute Gasteiger partial charge is 0.341 e. The highest BCUT2D eigenvalue weighted by atomic mass is 32.2. The first-order valence-corrected chi connectivity index (χ1v) is 6.99. The van der Waals surface area contributed by atoms with E-state index in [4.69, 9.17) is 0 Å². The van der Waals surface area contributed by atoms with Crippen molar-refractivity contribution in [3.05, 3.63) is 0 Å². The van der Waals surface area contributed by atoms with Crippen molar-refractivity contribution in [2.75, 3.05) is 25.9 Å². The first-order chi connectivity index (χ1) is 7.40. The van der Waals surface area contributed by atoms with Gasteiger partial charge in [0.1, 0.15) is 0 Å². The molecule has 16 heavy (non-hydrogen) atoms. The van der Waals surface area contributed by atoms with Gasteiger partial charge in [0.25, 0.3) is 0 Å². The van der Waals surface area contributed by atoms with Crippen LogP contribution in [-0.2, 0) is 4.79 Å². The third-order valence-electron chi connectivity index (χ3n) is 2.84. The molecule has 0 aromatic carbocycles. The number of hydrogen-bond acceptors (Lipinski definition) is 3. The molecule has 1 aliphatic heterocycles. The fourth-order valence-electron chi connectivity index (χ4n) is 1.75. The number of amides is 1. The van der Waals surface area contributed by atoms with E-state index in [1.807, 2.05) is 11.9 Å². The van der Waals surface area contributed by atoms with Gasteiger partial charge in [-0.05, 0) is 19.4 Å². The van der Waals surface area contributed by atoms with E-state index in [0.717, 1.165) is 19.5 Å². The van der Waals surface area contributed by atoms with Crippen LogP contribution in [0.25, 0.3) is 0 Å². The number of thioether (sulfide) groups is 1. The lowest BCUT2D eigenvalue weighted by Crippen LogP contribution is -2.47. The van der Waals surface area contributed by atoms with Crippen LogP contribution >= 0.6 is 11.8 Å². The van der Waals surface area contributed by atoms with Gasteiger partial charge in [-0.15, -0.1) is 11.8 Å². The molecule has 1 heterocycles. The van der Waals surface area contributed by atoms with E-state index in [0.29, 0.717) is 11.8 Å². The highest BCUT2D eigenvalue weighted by Gasteiger charge is 2.23. The maximum atomic E-state index is 12.0. The second-order valence-electron chi connectivity index (χ2n) is 5.41. The highest BCUT2D eigenvalue weighted by molar-refractivity contribution is 8.01. The van der Waals surface area contributed by atoms with Crippen LogP contribution in [0.5, 0.6) is 0 Å². The zero-order chi connectivity index (χ0) is 12.2. The van der Waals surface area contributed by atoms with Crippen molar-refractivity contribution in [3.8, 4) is 0 Å². The summed E-state index contributed by atoms with van der Waals surface area (Å²) < 4.78 is 0.168. The van der Waals surface area contributed by atoms with Crippen LogP contribution in [0.3, 0.4) is 0 Å². The summed E-state index contributed by atoms with van der Waals surface area (Å²) in [5.74, 6) is 0.852. The van der Waals surface area contributed by atoms with Crippen LogP contribution in [0.15, 0.2) is 0 Å². The number of likely N-dealkylation sites (N-methyl/N-ethyl adjacent to an activating group) is 1. The normalized spacial score (nSPS) is 21.9. The summed E-state index contributed by atoms with van der Waals surface area (Å²) in [6.45, 7) is 8.48. The second-order valence-corrected chi connectivity index (χ2v) is 7.21. The minimum Gasteiger partial charge on any atom is -0.341 e. The molecule has 0 aromatic rings. The SMILES string of the molecule is CN(C(=O)CSC(C)(C)C)C1CCCNC1. The molecule has 1 unspecified atom stereocenters. The molecule has 1 rings (SSSR count). The van der Waals surface area contributed by atoms with Crippen molar-refractivity contribution in [1.82, 2.24) is 10.2 Å². The van der Waals surface area contributed by atoms with E-state index in [1.54, 1.807) is 11.8 Å². The molecule has 1 fully saturated rings. The highest BCUT2D eigenvalue weighted by Crippen LogP contribution is 2.23. The Kier molecular flexibility index (Phi) is 5.12. The van der Waals surface area contributed by atoms with E-state index in [-0.39, 0.29) is 10.7 Å². The summed E-state index contributed by atoms with van der Waals surface area (Å²) in [4.78, 5) is 13.9. The molecule has 94 valence electrons. The van der Waals surface area contributed by atoms with Crippen LogP contribution < -0.4 is 5.32 Å². The van der Waals surface area contributed by atoms with Crippen LogP contribution in [0.2, 0.25) is 0 Å². The van der Waals surface area contributed by atoms with E-state index >= 15 is 0 Å². The molecule has 0 radical (unpaired) electrons. The number of carbonyl (C=O) groups excluding carboxylic acids is 1. The molecule has 3 nitrogen and oxygen atoms in total. The number of nitrogens with zero attached hydrogens (tertiary/aromatic N) is 1. The topological polar surface area (TPSA) is 32.3 Å². The van der Waals surface area contributed by atoms with Gasteiger partial charge in [0.2, 0.25) is 5.91 Å². The molecule has 4 heteroatoms. The Morgan fingerprint density at radius 3 is 2.69 bits per heavy atom. The minimum atomic E-state index is 0.168. The number of carbonyl (C=O) groups is 1. The van der Waals surface area contributed by atoms with Gasteiger partial charge in [-0.25, -0.2) is 0 Å². The molecule has 1 amide bonds. The van der Waals surface area contributed by atoms with Gasteiger partial charge in [-0.1, -0.05) is 20.8 Å².